The van der Waals surface area contributed by atoms with Crippen molar-refractivity contribution in [3.8, 4) is 0 Å². The first-order valence-corrected chi connectivity index (χ1v) is 5.80. The average molecular weight is 235 g/mol. The Balaban J connectivity index is 1.76. The highest BCUT2D eigenvalue weighted by molar-refractivity contribution is 5.69. The number of nitrogens with zero attached hydrogens (tertiary/aromatic N) is 2. The number of carboxylic acids is 1. The number of aliphatic carboxylic acids is 1. The Kier molecular flexibility index (Phi) is 4.06. The first-order chi connectivity index (χ1) is 8.24. The molecule has 5 nitrogen and oxygen atoms in total. The van der Waals surface area contributed by atoms with Gasteiger partial charge in [-0.3, -0.25) is 14.7 Å². The number of hydrogen-bond donors (Lipinski definition) is 2. The minimum atomic E-state index is -0.794. The zero-order valence-corrected chi connectivity index (χ0v) is 9.67. The third-order valence-electron chi connectivity index (χ3n) is 2.97. The van der Waals surface area contributed by atoms with Crippen molar-refractivity contribution in [2.75, 3.05) is 19.6 Å². The lowest BCUT2D eigenvalue weighted by atomic mass is 10.2. The van der Waals surface area contributed by atoms with E-state index in [2.05, 4.69) is 15.2 Å². The molecule has 1 unspecified atom stereocenters. The SMILES string of the molecule is O=C(O)CNC1CCN(Cc2ccncc2)C1. The Labute approximate surface area is 100 Å². The van der Waals surface area contributed by atoms with Crippen molar-refractivity contribution in [1.29, 1.82) is 0 Å². The maximum Gasteiger partial charge on any atom is 0.317 e. The summed E-state index contributed by atoms with van der Waals surface area (Å²) >= 11 is 0. The second-order valence-electron chi connectivity index (χ2n) is 4.35. The fraction of sp³-hybridized carbons (Fsp3) is 0.500. The summed E-state index contributed by atoms with van der Waals surface area (Å²) in [4.78, 5) is 16.8. The summed E-state index contributed by atoms with van der Waals surface area (Å²) in [5.74, 6) is -0.794. The van der Waals surface area contributed by atoms with Crippen LogP contribution in [0.25, 0.3) is 0 Å². The van der Waals surface area contributed by atoms with Crippen LogP contribution in [0.3, 0.4) is 0 Å². The minimum absolute atomic E-state index is 0.0494. The van der Waals surface area contributed by atoms with Crippen LogP contribution in [0.1, 0.15) is 12.0 Å². The van der Waals surface area contributed by atoms with E-state index in [0.29, 0.717) is 6.04 Å². The zero-order chi connectivity index (χ0) is 12.1. The van der Waals surface area contributed by atoms with Gasteiger partial charge in [0.2, 0.25) is 0 Å². The molecule has 0 aromatic carbocycles. The van der Waals surface area contributed by atoms with Gasteiger partial charge in [0.15, 0.2) is 0 Å². The van der Waals surface area contributed by atoms with Gasteiger partial charge >= 0.3 is 5.97 Å². The number of likely N-dealkylation sites (tertiary alicyclic amines) is 1. The van der Waals surface area contributed by atoms with Gasteiger partial charge in [0.25, 0.3) is 0 Å². The van der Waals surface area contributed by atoms with Gasteiger partial charge in [-0.1, -0.05) is 0 Å². The quantitative estimate of drug-likeness (QED) is 0.770. The number of nitrogens with one attached hydrogen (secondary N) is 1. The van der Waals surface area contributed by atoms with Gasteiger partial charge in [-0.2, -0.15) is 0 Å². The Morgan fingerprint density at radius 3 is 3.00 bits per heavy atom. The Bertz CT molecular complexity index is 369. The van der Waals surface area contributed by atoms with E-state index in [0.717, 1.165) is 26.1 Å². The number of aromatic nitrogens is 1. The monoisotopic (exact) mass is 235 g/mol. The smallest absolute Gasteiger partial charge is 0.317 e. The summed E-state index contributed by atoms with van der Waals surface area (Å²) in [7, 11) is 0. The predicted molar refractivity (Wildman–Crippen MR) is 63.6 cm³/mol. The number of rotatable bonds is 5. The number of carboxylic acid groups (broad SMARTS) is 1. The normalized spacial score (nSPS) is 20.6. The van der Waals surface area contributed by atoms with Crippen LogP contribution in [0.5, 0.6) is 0 Å². The lowest BCUT2D eigenvalue weighted by molar-refractivity contribution is -0.136. The van der Waals surface area contributed by atoms with Gasteiger partial charge in [-0.25, -0.2) is 0 Å². The highest BCUT2D eigenvalue weighted by Crippen LogP contribution is 2.12. The summed E-state index contributed by atoms with van der Waals surface area (Å²) in [6.07, 6.45) is 4.61. The maximum absolute atomic E-state index is 10.4. The molecule has 17 heavy (non-hydrogen) atoms. The van der Waals surface area contributed by atoms with Crippen LogP contribution in [0.15, 0.2) is 24.5 Å². The van der Waals surface area contributed by atoms with Crippen molar-refractivity contribution in [3.63, 3.8) is 0 Å². The van der Waals surface area contributed by atoms with Crippen LogP contribution in [-0.4, -0.2) is 46.6 Å². The topological polar surface area (TPSA) is 65.5 Å². The lowest BCUT2D eigenvalue weighted by Crippen LogP contribution is -2.35. The van der Waals surface area contributed by atoms with Gasteiger partial charge < -0.3 is 10.4 Å². The number of pyridine rings is 1. The third-order valence-corrected chi connectivity index (χ3v) is 2.97. The molecule has 0 saturated carbocycles. The van der Waals surface area contributed by atoms with Crippen molar-refractivity contribution in [2.45, 2.75) is 19.0 Å². The van der Waals surface area contributed by atoms with Crippen LogP contribution >= 0.6 is 0 Å². The molecule has 0 spiro atoms. The number of hydrogen-bond acceptors (Lipinski definition) is 4. The third kappa shape index (κ3) is 3.80. The zero-order valence-electron chi connectivity index (χ0n) is 9.67. The van der Waals surface area contributed by atoms with Crippen molar-refractivity contribution >= 4 is 5.97 Å². The van der Waals surface area contributed by atoms with E-state index in [9.17, 15) is 4.79 Å². The highest BCUT2D eigenvalue weighted by atomic mass is 16.4. The second-order valence-corrected chi connectivity index (χ2v) is 4.35. The largest absolute Gasteiger partial charge is 0.480 e. The van der Waals surface area contributed by atoms with E-state index >= 15 is 0 Å². The molecule has 1 aromatic rings. The van der Waals surface area contributed by atoms with E-state index < -0.39 is 5.97 Å². The second kappa shape index (κ2) is 5.75. The highest BCUT2D eigenvalue weighted by Gasteiger charge is 2.22. The Morgan fingerprint density at radius 2 is 2.29 bits per heavy atom. The van der Waals surface area contributed by atoms with Crippen molar-refractivity contribution < 1.29 is 9.90 Å². The number of carbonyl (C=O) groups is 1. The summed E-state index contributed by atoms with van der Waals surface area (Å²) < 4.78 is 0. The molecule has 1 atom stereocenters. The van der Waals surface area contributed by atoms with Crippen LogP contribution < -0.4 is 5.32 Å². The summed E-state index contributed by atoms with van der Waals surface area (Å²) in [5.41, 5.74) is 1.25. The van der Waals surface area contributed by atoms with Gasteiger partial charge in [0.1, 0.15) is 0 Å². The van der Waals surface area contributed by atoms with Gasteiger partial charge in [0.05, 0.1) is 6.54 Å². The van der Waals surface area contributed by atoms with Crippen LogP contribution in [0.4, 0.5) is 0 Å². The fourth-order valence-electron chi connectivity index (χ4n) is 2.12. The van der Waals surface area contributed by atoms with E-state index in [-0.39, 0.29) is 6.54 Å². The molecule has 2 N–H and O–H groups in total. The Morgan fingerprint density at radius 1 is 1.53 bits per heavy atom. The van der Waals surface area contributed by atoms with E-state index in [4.69, 9.17) is 5.11 Å². The first-order valence-electron chi connectivity index (χ1n) is 5.80. The van der Waals surface area contributed by atoms with E-state index in [1.54, 1.807) is 12.4 Å². The molecule has 1 fully saturated rings. The summed E-state index contributed by atoms with van der Waals surface area (Å²) in [6, 6.07) is 4.32. The molecule has 1 aromatic heterocycles. The standard InChI is InChI=1S/C12H17N3O2/c16-12(17)7-14-11-3-6-15(9-11)8-10-1-4-13-5-2-10/h1-2,4-5,11,14H,3,6-9H2,(H,16,17). The van der Waals surface area contributed by atoms with Crippen LogP contribution in [-0.2, 0) is 11.3 Å². The Hall–Kier alpha value is -1.46. The average Bonchev–Trinajstić information content (AvgIpc) is 2.75. The maximum atomic E-state index is 10.4. The molecule has 92 valence electrons. The van der Waals surface area contributed by atoms with Crippen molar-refractivity contribution in [1.82, 2.24) is 15.2 Å². The van der Waals surface area contributed by atoms with Gasteiger partial charge in [-0.05, 0) is 24.1 Å². The molecule has 1 aliphatic rings. The van der Waals surface area contributed by atoms with Crippen molar-refractivity contribution in [3.05, 3.63) is 30.1 Å². The molecule has 0 amide bonds. The predicted octanol–water partition coefficient (Wildman–Crippen LogP) is 0.330. The molecule has 2 heterocycles. The minimum Gasteiger partial charge on any atom is -0.480 e. The summed E-state index contributed by atoms with van der Waals surface area (Å²) in [5, 5.41) is 11.6. The lowest BCUT2D eigenvalue weighted by Gasteiger charge is -2.16. The molecule has 5 heteroatoms. The first kappa shape index (κ1) is 12.0. The van der Waals surface area contributed by atoms with Crippen LogP contribution in [0.2, 0.25) is 0 Å². The molecule has 1 saturated heterocycles. The van der Waals surface area contributed by atoms with Gasteiger partial charge in [-0.15, -0.1) is 0 Å². The molecular weight excluding hydrogens is 218 g/mol. The molecule has 0 bridgehead atoms. The molecule has 1 aliphatic heterocycles. The van der Waals surface area contributed by atoms with E-state index in [1.807, 2.05) is 12.1 Å². The molecule has 0 aliphatic carbocycles. The fourth-order valence-corrected chi connectivity index (χ4v) is 2.12. The molecular formula is C12H17N3O2. The van der Waals surface area contributed by atoms with Crippen LogP contribution in [0, 0.1) is 0 Å². The van der Waals surface area contributed by atoms with E-state index in [1.165, 1.54) is 5.56 Å². The summed E-state index contributed by atoms with van der Waals surface area (Å²) in [6.45, 7) is 2.89. The van der Waals surface area contributed by atoms with Gasteiger partial charge in [0, 0.05) is 38.1 Å². The van der Waals surface area contributed by atoms with Crippen molar-refractivity contribution in [2.24, 2.45) is 0 Å². The molecule has 0 radical (unpaired) electrons. The molecule has 2 rings (SSSR count).